The molecule has 0 radical (unpaired) electrons. The first-order chi connectivity index (χ1) is 8.19. The Labute approximate surface area is 106 Å². The molecule has 0 unspecified atom stereocenters. The lowest BCUT2D eigenvalue weighted by molar-refractivity contribution is -0.128. The lowest BCUT2D eigenvalue weighted by Gasteiger charge is -1.94. The quantitative estimate of drug-likeness (QED) is 0.859. The molecule has 17 heavy (non-hydrogen) atoms. The highest BCUT2D eigenvalue weighted by molar-refractivity contribution is 9.10. The van der Waals surface area contributed by atoms with Crippen molar-refractivity contribution in [2.45, 2.75) is 6.92 Å². The molecule has 0 aliphatic heterocycles. The lowest BCUT2D eigenvalue weighted by atomic mass is 10.2. The Kier molecular flexibility index (Phi) is 5.35. The Morgan fingerprint density at radius 3 is 2.88 bits per heavy atom. The van der Waals surface area contributed by atoms with Gasteiger partial charge < -0.3 is 9.72 Å². The Balaban J connectivity index is 0.000000249. The van der Waals surface area contributed by atoms with Crippen LogP contribution < -0.4 is 5.56 Å². The van der Waals surface area contributed by atoms with Gasteiger partial charge >= 0.3 is 0 Å². The summed E-state index contributed by atoms with van der Waals surface area (Å²) in [5, 5.41) is 0.612. The lowest BCUT2D eigenvalue weighted by Crippen LogP contribution is -2.05. The number of benzene rings is 1. The predicted molar refractivity (Wildman–Crippen MR) is 67.8 cm³/mol. The third-order valence-electron chi connectivity index (χ3n) is 1.84. The van der Waals surface area contributed by atoms with Gasteiger partial charge in [-0.2, -0.15) is 0 Å². The van der Waals surface area contributed by atoms with E-state index in [0.29, 0.717) is 24.0 Å². The number of aromatic amines is 1. The molecule has 2 aromatic rings. The summed E-state index contributed by atoms with van der Waals surface area (Å²) in [6, 6.07) is 5.37. The first kappa shape index (κ1) is 13.4. The van der Waals surface area contributed by atoms with Crippen molar-refractivity contribution in [2.24, 2.45) is 0 Å². The number of rotatable bonds is 2. The Morgan fingerprint density at radius 1 is 1.53 bits per heavy atom. The van der Waals surface area contributed by atoms with E-state index in [-0.39, 0.29) is 5.56 Å². The van der Waals surface area contributed by atoms with Crippen LogP contribution in [-0.2, 0) is 9.53 Å². The van der Waals surface area contributed by atoms with E-state index in [2.05, 4.69) is 30.6 Å². The average molecular weight is 299 g/mol. The van der Waals surface area contributed by atoms with Crippen LogP contribution in [-0.4, -0.2) is 23.0 Å². The van der Waals surface area contributed by atoms with Gasteiger partial charge in [-0.25, -0.2) is 4.98 Å². The molecule has 5 nitrogen and oxygen atoms in total. The van der Waals surface area contributed by atoms with E-state index < -0.39 is 0 Å². The number of carbonyl (C=O) groups excluding carboxylic acids is 1. The fraction of sp³-hybridized carbons (Fsp3) is 0.182. The van der Waals surface area contributed by atoms with Crippen molar-refractivity contribution in [3.8, 4) is 0 Å². The number of carbonyl (C=O) groups is 1. The highest BCUT2D eigenvalue weighted by atomic mass is 79.9. The number of fused-ring (bicyclic) bond motifs is 1. The summed E-state index contributed by atoms with van der Waals surface area (Å²) >= 11 is 3.30. The SMILES string of the molecule is CCOC=O.O=c1[nH]cnc2cc(Br)ccc12. The smallest absolute Gasteiger partial charge is 0.293 e. The maximum atomic E-state index is 11.2. The molecule has 6 heteroatoms. The summed E-state index contributed by atoms with van der Waals surface area (Å²) in [6.07, 6.45) is 1.40. The summed E-state index contributed by atoms with van der Waals surface area (Å²) in [7, 11) is 0. The third kappa shape index (κ3) is 3.99. The van der Waals surface area contributed by atoms with Crippen LogP contribution in [0.3, 0.4) is 0 Å². The fourth-order valence-corrected chi connectivity index (χ4v) is 1.46. The van der Waals surface area contributed by atoms with Crippen LogP contribution in [0.5, 0.6) is 0 Å². The minimum atomic E-state index is -0.104. The molecule has 1 aromatic heterocycles. The van der Waals surface area contributed by atoms with Gasteiger partial charge in [-0.15, -0.1) is 0 Å². The van der Waals surface area contributed by atoms with Gasteiger partial charge in [-0.1, -0.05) is 15.9 Å². The normalized spacial score (nSPS) is 9.29. The van der Waals surface area contributed by atoms with Crippen LogP contribution in [0.2, 0.25) is 0 Å². The van der Waals surface area contributed by atoms with E-state index in [1.54, 1.807) is 13.0 Å². The van der Waals surface area contributed by atoms with Crippen molar-refractivity contribution in [3.63, 3.8) is 0 Å². The Hall–Kier alpha value is -1.69. The van der Waals surface area contributed by atoms with Crippen LogP contribution in [0, 0.1) is 0 Å². The zero-order valence-corrected chi connectivity index (χ0v) is 10.7. The van der Waals surface area contributed by atoms with Crippen LogP contribution in [0.4, 0.5) is 0 Å². The van der Waals surface area contributed by atoms with E-state index in [9.17, 15) is 9.59 Å². The molecule has 2 rings (SSSR count). The van der Waals surface area contributed by atoms with Crippen LogP contribution in [0.15, 0.2) is 33.8 Å². The summed E-state index contributed by atoms with van der Waals surface area (Å²) in [6.45, 7) is 2.66. The zero-order valence-electron chi connectivity index (χ0n) is 9.14. The maximum absolute atomic E-state index is 11.2. The van der Waals surface area contributed by atoms with E-state index >= 15 is 0 Å². The summed E-state index contributed by atoms with van der Waals surface area (Å²) < 4.78 is 5.08. The maximum Gasteiger partial charge on any atom is 0.293 e. The van der Waals surface area contributed by atoms with Gasteiger partial charge in [0.1, 0.15) is 0 Å². The van der Waals surface area contributed by atoms with Crippen molar-refractivity contribution in [3.05, 3.63) is 39.4 Å². The molecule has 0 saturated carbocycles. The van der Waals surface area contributed by atoms with Crippen LogP contribution in [0.1, 0.15) is 6.92 Å². The number of nitrogens with zero attached hydrogens (tertiary/aromatic N) is 1. The predicted octanol–water partition coefficient (Wildman–Crippen LogP) is 1.86. The number of aromatic nitrogens is 2. The van der Waals surface area contributed by atoms with Gasteiger partial charge in [-0.3, -0.25) is 9.59 Å². The molecule has 0 spiro atoms. The van der Waals surface area contributed by atoms with Crippen LogP contribution >= 0.6 is 15.9 Å². The van der Waals surface area contributed by atoms with Crippen LogP contribution in [0.25, 0.3) is 10.9 Å². The molecule has 90 valence electrons. The average Bonchev–Trinajstić information content (AvgIpc) is 2.31. The van der Waals surface area contributed by atoms with Crippen molar-refractivity contribution in [1.29, 1.82) is 0 Å². The summed E-state index contributed by atoms with van der Waals surface area (Å²) in [5.74, 6) is 0. The highest BCUT2D eigenvalue weighted by Crippen LogP contribution is 2.13. The second-order valence-electron chi connectivity index (χ2n) is 2.94. The van der Waals surface area contributed by atoms with Gasteiger partial charge in [0.15, 0.2) is 0 Å². The van der Waals surface area contributed by atoms with E-state index in [0.717, 1.165) is 4.47 Å². The molecule has 0 aliphatic carbocycles. The summed E-state index contributed by atoms with van der Waals surface area (Å²) in [5.41, 5.74) is 0.598. The van der Waals surface area contributed by atoms with E-state index in [1.165, 1.54) is 6.33 Å². The Morgan fingerprint density at radius 2 is 2.29 bits per heavy atom. The second kappa shape index (κ2) is 6.80. The number of halogens is 1. The van der Waals surface area contributed by atoms with Gasteiger partial charge in [0.05, 0.1) is 23.8 Å². The number of hydrogen-bond donors (Lipinski definition) is 1. The minimum Gasteiger partial charge on any atom is -0.468 e. The van der Waals surface area contributed by atoms with E-state index in [1.807, 2.05) is 12.1 Å². The number of nitrogens with one attached hydrogen (secondary N) is 1. The topological polar surface area (TPSA) is 72.1 Å². The molecule has 0 amide bonds. The highest BCUT2D eigenvalue weighted by Gasteiger charge is 1.97. The number of ether oxygens (including phenoxy) is 1. The van der Waals surface area contributed by atoms with Gasteiger partial charge in [-0.05, 0) is 25.1 Å². The van der Waals surface area contributed by atoms with Gasteiger partial charge in [0.25, 0.3) is 12.0 Å². The first-order valence-corrected chi connectivity index (χ1v) is 5.66. The second-order valence-corrected chi connectivity index (χ2v) is 3.86. The molecule has 0 bridgehead atoms. The molecule has 0 fully saturated rings. The van der Waals surface area contributed by atoms with Gasteiger partial charge in [0, 0.05) is 4.47 Å². The first-order valence-electron chi connectivity index (χ1n) is 4.87. The van der Waals surface area contributed by atoms with E-state index in [4.69, 9.17) is 0 Å². The van der Waals surface area contributed by atoms with Crippen molar-refractivity contribution in [2.75, 3.05) is 6.61 Å². The molecule has 0 saturated heterocycles. The number of H-pyrrole nitrogens is 1. The standard InChI is InChI=1S/C8H5BrN2O.C3H6O2/c9-5-1-2-6-7(3-5)10-4-11-8(6)12;1-2-5-3-4/h1-4H,(H,10,11,12);3H,2H2,1H3. The third-order valence-corrected chi connectivity index (χ3v) is 2.33. The van der Waals surface area contributed by atoms with Crippen molar-refractivity contribution < 1.29 is 9.53 Å². The molecule has 0 aliphatic rings. The van der Waals surface area contributed by atoms with Crippen molar-refractivity contribution in [1.82, 2.24) is 9.97 Å². The minimum absolute atomic E-state index is 0.104. The van der Waals surface area contributed by atoms with Gasteiger partial charge in [0.2, 0.25) is 0 Å². The molecule has 1 N–H and O–H groups in total. The molecule has 1 heterocycles. The zero-order chi connectivity index (χ0) is 12.7. The molecular formula is C11H11BrN2O3. The molecule has 1 aromatic carbocycles. The largest absolute Gasteiger partial charge is 0.468 e. The number of hydrogen-bond acceptors (Lipinski definition) is 4. The monoisotopic (exact) mass is 298 g/mol. The van der Waals surface area contributed by atoms with Crippen molar-refractivity contribution >= 4 is 33.3 Å². The molecular weight excluding hydrogens is 288 g/mol. The molecule has 0 atom stereocenters. The Bertz CT molecular complexity index is 554. The fourth-order valence-electron chi connectivity index (χ4n) is 1.11. The summed E-state index contributed by atoms with van der Waals surface area (Å²) in [4.78, 5) is 26.9.